The van der Waals surface area contributed by atoms with E-state index in [1.165, 1.54) is 0 Å². The first kappa shape index (κ1) is 15.6. The zero-order valence-corrected chi connectivity index (χ0v) is 14.5. The number of anilines is 1. The zero-order valence-electron chi connectivity index (χ0n) is 13.0. The molecular weight excluding hydrogens is 343 g/mol. The van der Waals surface area contributed by atoms with Crippen LogP contribution < -0.4 is 10.2 Å². The molecule has 122 valence electrons. The maximum atomic E-state index is 6.50. The molecular formula is C18H16Cl2N4. The Morgan fingerprint density at radius 1 is 0.958 bits per heavy atom. The van der Waals surface area contributed by atoms with Crippen LogP contribution in [0.5, 0.6) is 0 Å². The maximum Gasteiger partial charge on any atom is 0.139 e. The molecule has 0 unspecified atom stereocenters. The Balaban J connectivity index is 1.86. The minimum Gasteiger partial charge on any atom is -0.353 e. The van der Waals surface area contributed by atoms with Crippen LogP contribution >= 0.6 is 23.2 Å². The van der Waals surface area contributed by atoms with E-state index in [1.54, 1.807) is 6.33 Å². The van der Waals surface area contributed by atoms with Crippen LogP contribution in [0.1, 0.15) is 0 Å². The van der Waals surface area contributed by atoms with Gasteiger partial charge in [0.05, 0.1) is 10.5 Å². The Morgan fingerprint density at radius 3 is 2.46 bits per heavy atom. The van der Waals surface area contributed by atoms with Crippen LogP contribution in [0.3, 0.4) is 0 Å². The van der Waals surface area contributed by atoms with Gasteiger partial charge in [-0.15, -0.1) is 0 Å². The van der Waals surface area contributed by atoms with Gasteiger partial charge < -0.3 is 10.2 Å². The molecule has 2 heterocycles. The number of nitrogens with zero attached hydrogens (tertiary/aromatic N) is 3. The van der Waals surface area contributed by atoms with Gasteiger partial charge in [-0.3, -0.25) is 0 Å². The van der Waals surface area contributed by atoms with Gasteiger partial charge in [0, 0.05) is 42.2 Å². The predicted molar refractivity (Wildman–Crippen MR) is 100 cm³/mol. The highest BCUT2D eigenvalue weighted by molar-refractivity contribution is 6.34. The Labute approximate surface area is 150 Å². The molecule has 0 spiro atoms. The molecule has 4 rings (SSSR count). The first-order chi connectivity index (χ1) is 11.7. The maximum absolute atomic E-state index is 6.50. The standard InChI is InChI=1S/C18H16Cl2N4/c19-13-3-1-12(2-4-13)14-9-15-17(10-16(14)20)22-11-23-18(15)24-7-5-21-6-8-24/h1-4,9-11,21H,5-8H2. The first-order valence-electron chi connectivity index (χ1n) is 7.88. The SMILES string of the molecule is Clc1ccc(-c2cc3c(N4CCNCC4)ncnc3cc2Cl)cc1. The van der Waals surface area contributed by atoms with E-state index in [0.717, 1.165) is 54.0 Å². The molecule has 0 aliphatic carbocycles. The number of fused-ring (bicyclic) bond motifs is 1. The molecule has 1 aliphatic heterocycles. The number of aromatic nitrogens is 2. The van der Waals surface area contributed by atoms with Crippen molar-refractivity contribution < 1.29 is 0 Å². The molecule has 6 heteroatoms. The lowest BCUT2D eigenvalue weighted by atomic mass is 10.0. The van der Waals surface area contributed by atoms with E-state index in [0.29, 0.717) is 10.0 Å². The molecule has 24 heavy (non-hydrogen) atoms. The van der Waals surface area contributed by atoms with Gasteiger partial charge in [0.25, 0.3) is 0 Å². The fourth-order valence-electron chi connectivity index (χ4n) is 3.04. The monoisotopic (exact) mass is 358 g/mol. The highest BCUT2D eigenvalue weighted by Gasteiger charge is 2.17. The molecule has 0 radical (unpaired) electrons. The Kier molecular flexibility index (Phi) is 4.27. The smallest absolute Gasteiger partial charge is 0.139 e. The summed E-state index contributed by atoms with van der Waals surface area (Å²) in [6.07, 6.45) is 1.61. The van der Waals surface area contributed by atoms with Gasteiger partial charge >= 0.3 is 0 Å². The first-order valence-corrected chi connectivity index (χ1v) is 8.64. The molecule has 1 N–H and O–H groups in total. The summed E-state index contributed by atoms with van der Waals surface area (Å²) in [4.78, 5) is 11.2. The molecule has 1 aromatic heterocycles. The normalized spacial score (nSPS) is 15.0. The van der Waals surface area contributed by atoms with Crippen molar-refractivity contribution in [1.29, 1.82) is 0 Å². The topological polar surface area (TPSA) is 41.0 Å². The van der Waals surface area contributed by atoms with Gasteiger partial charge in [0.1, 0.15) is 12.1 Å². The van der Waals surface area contributed by atoms with Gasteiger partial charge in [0.2, 0.25) is 0 Å². The van der Waals surface area contributed by atoms with Crippen LogP contribution in [0, 0.1) is 0 Å². The van der Waals surface area contributed by atoms with Crippen molar-refractivity contribution in [3.05, 3.63) is 52.8 Å². The zero-order chi connectivity index (χ0) is 16.5. The van der Waals surface area contributed by atoms with Crippen LogP contribution in [0.25, 0.3) is 22.0 Å². The third-order valence-electron chi connectivity index (χ3n) is 4.27. The summed E-state index contributed by atoms with van der Waals surface area (Å²) in [5.74, 6) is 0.966. The average Bonchev–Trinajstić information content (AvgIpc) is 2.62. The molecule has 1 aliphatic rings. The van der Waals surface area contributed by atoms with Crippen LogP contribution in [-0.2, 0) is 0 Å². The summed E-state index contributed by atoms with van der Waals surface area (Å²) in [5.41, 5.74) is 2.86. The fourth-order valence-corrected chi connectivity index (χ4v) is 3.44. The molecule has 2 aromatic carbocycles. The lowest BCUT2D eigenvalue weighted by Gasteiger charge is -2.29. The third-order valence-corrected chi connectivity index (χ3v) is 4.84. The largest absolute Gasteiger partial charge is 0.353 e. The summed E-state index contributed by atoms with van der Waals surface area (Å²) in [7, 11) is 0. The van der Waals surface area contributed by atoms with Crippen molar-refractivity contribution in [2.75, 3.05) is 31.1 Å². The minimum absolute atomic E-state index is 0.676. The van der Waals surface area contributed by atoms with Crippen molar-refractivity contribution >= 4 is 39.9 Å². The van der Waals surface area contributed by atoms with Crippen LogP contribution in [0.15, 0.2) is 42.7 Å². The number of hydrogen-bond donors (Lipinski definition) is 1. The summed E-state index contributed by atoms with van der Waals surface area (Å²) in [6.45, 7) is 3.79. The molecule has 4 nitrogen and oxygen atoms in total. The molecule has 1 saturated heterocycles. The average molecular weight is 359 g/mol. The van der Waals surface area contributed by atoms with Crippen molar-refractivity contribution in [2.24, 2.45) is 0 Å². The highest BCUT2D eigenvalue weighted by Crippen LogP contribution is 2.35. The van der Waals surface area contributed by atoms with Gasteiger partial charge in [0.15, 0.2) is 0 Å². The fraction of sp³-hybridized carbons (Fsp3) is 0.222. The molecule has 0 bridgehead atoms. The quantitative estimate of drug-likeness (QED) is 0.751. The number of piperazine rings is 1. The van der Waals surface area contributed by atoms with E-state index in [1.807, 2.05) is 30.3 Å². The number of halogens is 2. The summed E-state index contributed by atoms with van der Waals surface area (Å²) < 4.78 is 0. The van der Waals surface area contributed by atoms with E-state index in [-0.39, 0.29) is 0 Å². The molecule has 0 saturated carbocycles. The molecule has 3 aromatic rings. The third kappa shape index (κ3) is 2.93. The Morgan fingerprint density at radius 2 is 1.71 bits per heavy atom. The van der Waals surface area contributed by atoms with Crippen molar-refractivity contribution in [3.8, 4) is 11.1 Å². The number of nitrogens with one attached hydrogen (secondary N) is 1. The number of benzene rings is 2. The summed E-state index contributed by atoms with van der Waals surface area (Å²) in [6, 6.07) is 11.7. The van der Waals surface area contributed by atoms with Gasteiger partial charge in [-0.05, 0) is 29.8 Å². The van der Waals surface area contributed by atoms with E-state index < -0.39 is 0 Å². The van der Waals surface area contributed by atoms with Gasteiger partial charge in [-0.2, -0.15) is 0 Å². The van der Waals surface area contributed by atoms with E-state index in [2.05, 4.69) is 26.3 Å². The number of rotatable bonds is 2. The van der Waals surface area contributed by atoms with Crippen molar-refractivity contribution in [1.82, 2.24) is 15.3 Å². The second kappa shape index (κ2) is 6.55. The molecule has 0 amide bonds. The van der Waals surface area contributed by atoms with Gasteiger partial charge in [-0.25, -0.2) is 9.97 Å². The molecule has 0 atom stereocenters. The van der Waals surface area contributed by atoms with Gasteiger partial charge in [-0.1, -0.05) is 35.3 Å². The lowest BCUT2D eigenvalue weighted by Crippen LogP contribution is -2.44. The van der Waals surface area contributed by atoms with Crippen LogP contribution in [0.2, 0.25) is 10.0 Å². The van der Waals surface area contributed by atoms with Crippen molar-refractivity contribution in [3.63, 3.8) is 0 Å². The van der Waals surface area contributed by atoms with Crippen LogP contribution in [-0.4, -0.2) is 36.1 Å². The lowest BCUT2D eigenvalue weighted by molar-refractivity contribution is 0.586. The summed E-state index contributed by atoms with van der Waals surface area (Å²) in [5, 5.41) is 5.77. The second-order valence-corrected chi connectivity index (χ2v) is 6.63. The summed E-state index contributed by atoms with van der Waals surface area (Å²) >= 11 is 12.5. The van der Waals surface area contributed by atoms with E-state index in [4.69, 9.17) is 23.2 Å². The van der Waals surface area contributed by atoms with Crippen molar-refractivity contribution in [2.45, 2.75) is 0 Å². The van der Waals surface area contributed by atoms with E-state index in [9.17, 15) is 0 Å². The predicted octanol–water partition coefficient (Wildman–Crippen LogP) is 4.01. The highest BCUT2D eigenvalue weighted by atomic mass is 35.5. The minimum atomic E-state index is 0.676. The Hall–Kier alpha value is -1.88. The van der Waals surface area contributed by atoms with Crippen LogP contribution in [0.4, 0.5) is 5.82 Å². The number of hydrogen-bond acceptors (Lipinski definition) is 4. The second-order valence-electron chi connectivity index (χ2n) is 5.79. The molecule has 1 fully saturated rings. The Bertz CT molecular complexity index is 874. The van der Waals surface area contributed by atoms with E-state index >= 15 is 0 Å².